The molecule has 0 aliphatic heterocycles. The van der Waals surface area contributed by atoms with Gasteiger partial charge in [-0.3, -0.25) is 25.0 Å². The molecule has 0 heterocycles. The highest BCUT2D eigenvalue weighted by molar-refractivity contribution is 6.41. The van der Waals surface area contributed by atoms with Crippen LogP contribution >= 0.6 is 0 Å². The van der Waals surface area contributed by atoms with Crippen LogP contribution in [-0.2, 0) is 14.4 Å². The zero-order valence-electron chi connectivity index (χ0n) is 22.7. The number of Topliss-reactive ketones (excluding diaryl/α,β-unsaturated/α-hetero) is 2. The first-order valence-electron chi connectivity index (χ1n) is 13.7. The summed E-state index contributed by atoms with van der Waals surface area (Å²) in [5.74, 6) is -1.68. The molecule has 0 aliphatic carbocycles. The molecule has 0 fully saturated rings. The van der Waals surface area contributed by atoms with Crippen molar-refractivity contribution in [1.29, 1.82) is 0 Å². The van der Waals surface area contributed by atoms with Crippen molar-refractivity contribution in [3.05, 3.63) is 0 Å². The van der Waals surface area contributed by atoms with Gasteiger partial charge >= 0.3 is 0 Å². The minimum Gasteiger partial charge on any atom is -0.331 e. The van der Waals surface area contributed by atoms with E-state index in [1.54, 1.807) is 0 Å². The minimum absolute atomic E-state index is 0.292. The molecule has 0 unspecified atom stereocenters. The Bertz CT molecular complexity index is 636. The van der Waals surface area contributed by atoms with Crippen molar-refractivity contribution in [3.63, 3.8) is 0 Å². The maximum Gasteiger partial charge on any atom is 0.240 e. The van der Waals surface area contributed by atoms with Crippen molar-refractivity contribution in [3.8, 4) is 0 Å². The highest BCUT2D eigenvalue weighted by Crippen LogP contribution is 2.17. The Morgan fingerprint density at radius 2 is 1.24 bits per heavy atom. The maximum atomic E-state index is 13.5. The van der Waals surface area contributed by atoms with Crippen molar-refractivity contribution in [2.45, 2.75) is 108 Å². The number of unbranched alkanes of at least 4 members (excludes halogenated alkanes) is 4. The summed E-state index contributed by atoms with van der Waals surface area (Å²) in [5, 5.41) is 5.72. The summed E-state index contributed by atoms with van der Waals surface area (Å²) in [6.45, 7) is 3.86. The molecule has 0 aromatic heterocycles. The van der Waals surface area contributed by atoms with Crippen LogP contribution in [0, 0.1) is 0 Å². The van der Waals surface area contributed by atoms with E-state index in [1.165, 1.54) is 4.90 Å². The van der Waals surface area contributed by atoms with Crippen LogP contribution in [-0.4, -0.2) is 79.3 Å². The Hall–Kier alpha value is -1.55. The fourth-order valence-electron chi connectivity index (χ4n) is 4.03. The summed E-state index contributed by atoms with van der Waals surface area (Å²) in [6.07, 6.45) is 5.71. The Balaban J connectivity index is 5.57. The number of nitrogens with two attached hydrogens (primary N) is 7. The molecule has 0 saturated carbocycles. The van der Waals surface area contributed by atoms with E-state index in [9.17, 15) is 14.4 Å². The third kappa shape index (κ3) is 16.1. The summed E-state index contributed by atoms with van der Waals surface area (Å²) in [7, 11) is 0. The van der Waals surface area contributed by atoms with E-state index in [2.05, 4.69) is 17.6 Å². The van der Waals surface area contributed by atoms with Crippen LogP contribution in [0.25, 0.3) is 0 Å². The molecule has 0 radical (unpaired) electrons. The molecule has 0 saturated heterocycles. The molecule has 1 amide bonds. The lowest BCUT2D eigenvalue weighted by molar-refractivity contribution is -0.146. The lowest BCUT2D eigenvalue weighted by atomic mass is 9.94. The number of amides is 1. The highest BCUT2D eigenvalue weighted by Gasteiger charge is 2.36. The largest absolute Gasteiger partial charge is 0.331 e. The van der Waals surface area contributed by atoms with Gasteiger partial charge in [-0.15, -0.1) is 0 Å². The average molecular weight is 531 g/mol. The molecular weight excluding hydrogens is 476 g/mol. The number of nitrogens with one attached hydrogen (secondary N) is 2. The van der Waals surface area contributed by atoms with Gasteiger partial charge in [0.15, 0.2) is 0 Å². The quantitative estimate of drug-likeness (QED) is 0.0366. The molecule has 0 bridgehead atoms. The number of nitrogens with zero attached hydrogens (tertiary/aromatic N) is 1. The Labute approximate surface area is 222 Å². The van der Waals surface area contributed by atoms with E-state index < -0.39 is 42.3 Å². The first kappa shape index (κ1) is 35.5. The molecule has 37 heavy (non-hydrogen) atoms. The maximum absolute atomic E-state index is 13.5. The molecule has 13 nitrogen and oxygen atoms in total. The molecule has 3 atom stereocenters. The predicted molar refractivity (Wildman–Crippen MR) is 147 cm³/mol. The second kappa shape index (κ2) is 21.4. The molecule has 0 spiro atoms. The highest BCUT2D eigenvalue weighted by atomic mass is 16.2. The van der Waals surface area contributed by atoms with Crippen molar-refractivity contribution in [2.75, 3.05) is 26.2 Å². The molecule has 13 heteroatoms. The van der Waals surface area contributed by atoms with Gasteiger partial charge < -0.3 is 45.0 Å². The van der Waals surface area contributed by atoms with Crippen LogP contribution in [0.1, 0.15) is 77.6 Å². The number of hydrogen-bond acceptors (Lipinski definition) is 12. The molecule has 0 aliphatic rings. The normalized spacial score (nSPS) is 14.1. The molecule has 0 aromatic rings. The van der Waals surface area contributed by atoms with E-state index in [4.69, 9.17) is 40.1 Å². The van der Waals surface area contributed by atoms with Crippen molar-refractivity contribution >= 4 is 17.5 Å². The van der Waals surface area contributed by atoms with Gasteiger partial charge in [0.1, 0.15) is 12.6 Å². The van der Waals surface area contributed by atoms with Crippen LogP contribution in [0.3, 0.4) is 0 Å². The third-order valence-electron chi connectivity index (χ3n) is 6.19. The van der Waals surface area contributed by atoms with Crippen molar-refractivity contribution < 1.29 is 14.4 Å². The van der Waals surface area contributed by atoms with Gasteiger partial charge in [-0.1, -0.05) is 26.2 Å². The predicted octanol–water partition coefficient (Wildman–Crippen LogP) is -2.17. The second-order valence-electron chi connectivity index (χ2n) is 9.58. The second-order valence-corrected chi connectivity index (χ2v) is 9.58. The summed E-state index contributed by atoms with van der Waals surface area (Å²) in [5.41, 5.74) is 39.9. The lowest BCUT2D eigenvalue weighted by Crippen LogP contribution is -2.55. The van der Waals surface area contributed by atoms with Crippen LogP contribution in [0.2, 0.25) is 0 Å². The van der Waals surface area contributed by atoms with Crippen LogP contribution in [0.5, 0.6) is 0 Å². The number of ketones is 2. The van der Waals surface area contributed by atoms with Crippen LogP contribution < -0.4 is 50.8 Å². The first-order chi connectivity index (χ1) is 17.6. The summed E-state index contributed by atoms with van der Waals surface area (Å²) in [4.78, 5) is 41.4. The molecule has 0 aromatic carbocycles. The Morgan fingerprint density at radius 3 is 1.76 bits per heavy atom. The Kier molecular flexibility index (Phi) is 20.5. The smallest absolute Gasteiger partial charge is 0.240 e. The zero-order chi connectivity index (χ0) is 28.2. The standard InChI is InChI=1S/C24H54N10O3/c1-2-3-4-7-16-34(22(37)18(27)11-9-15-33-24(30)31)19(12-5-6-13-25)21(36)20(35)17(26)10-8-14-32-23(28)29/h17-19,23-24,32-33H,2-16,25-31H2,1H3/t17-,18-,19-/m0/s1. The Morgan fingerprint density at radius 1 is 0.676 bits per heavy atom. The van der Waals surface area contributed by atoms with Gasteiger partial charge in [-0.05, 0) is 71.0 Å². The average Bonchev–Trinajstić information content (AvgIpc) is 2.86. The molecule has 16 N–H and O–H groups in total. The van der Waals surface area contributed by atoms with Crippen LogP contribution in [0.15, 0.2) is 0 Å². The fourth-order valence-corrected chi connectivity index (χ4v) is 4.03. The molecular formula is C24H54N10O3. The number of carbonyl (C=O) groups is 3. The van der Waals surface area contributed by atoms with Gasteiger partial charge in [0.05, 0.1) is 18.1 Å². The zero-order valence-corrected chi connectivity index (χ0v) is 22.7. The number of carbonyl (C=O) groups excluding carboxylic acids is 3. The molecule has 218 valence electrons. The van der Waals surface area contributed by atoms with Crippen LogP contribution in [0.4, 0.5) is 0 Å². The minimum atomic E-state index is -0.974. The third-order valence-corrected chi connectivity index (χ3v) is 6.19. The summed E-state index contributed by atoms with van der Waals surface area (Å²) >= 11 is 0. The van der Waals surface area contributed by atoms with Crippen molar-refractivity contribution in [1.82, 2.24) is 15.5 Å². The van der Waals surface area contributed by atoms with E-state index in [0.717, 1.165) is 19.3 Å². The van der Waals surface area contributed by atoms with E-state index in [-0.39, 0.29) is 5.91 Å². The lowest BCUT2D eigenvalue weighted by Gasteiger charge is -2.33. The summed E-state index contributed by atoms with van der Waals surface area (Å²) < 4.78 is 0. The monoisotopic (exact) mass is 530 g/mol. The topological polar surface area (TPSA) is 261 Å². The van der Waals surface area contributed by atoms with Gasteiger partial charge in [0.2, 0.25) is 17.5 Å². The SMILES string of the molecule is CCCCCCN(C(=O)[C@@H](N)CCCNC(N)N)[C@@H](CCCCN)C(=O)C(=O)[C@@H](N)CCCNC(N)N. The van der Waals surface area contributed by atoms with Gasteiger partial charge in [-0.2, -0.15) is 0 Å². The number of hydrogen-bond donors (Lipinski definition) is 9. The van der Waals surface area contributed by atoms with Gasteiger partial charge in [-0.25, -0.2) is 0 Å². The van der Waals surface area contributed by atoms with E-state index in [0.29, 0.717) is 77.5 Å². The van der Waals surface area contributed by atoms with Crippen molar-refractivity contribution in [2.24, 2.45) is 40.1 Å². The number of rotatable bonds is 24. The van der Waals surface area contributed by atoms with E-state index in [1.807, 2.05) is 0 Å². The first-order valence-corrected chi connectivity index (χ1v) is 13.7. The van der Waals surface area contributed by atoms with Gasteiger partial charge in [0.25, 0.3) is 0 Å². The van der Waals surface area contributed by atoms with Gasteiger partial charge in [0, 0.05) is 6.54 Å². The summed E-state index contributed by atoms with van der Waals surface area (Å²) in [6, 6.07) is -2.71. The molecule has 0 rings (SSSR count). The van der Waals surface area contributed by atoms with E-state index >= 15 is 0 Å². The fraction of sp³-hybridized carbons (Fsp3) is 0.875.